The van der Waals surface area contributed by atoms with Crippen molar-refractivity contribution < 1.29 is 19.1 Å². The maximum Gasteiger partial charge on any atom is 0.269 e. The van der Waals surface area contributed by atoms with Crippen molar-refractivity contribution in [1.82, 2.24) is 10.9 Å². The second-order valence-electron chi connectivity index (χ2n) is 5.62. The standard InChI is InChI=1S/C20H17ClN2O4S/c1-26-14-8-7-12(11-15(14)27-2)20(25)23-22-18(24)10-9-17-19(21)13-5-3-4-6-16(13)28-17/h3-11H,1-2H3,(H,22,24)(H,23,25)/b10-9+. The molecule has 1 heterocycles. The lowest BCUT2D eigenvalue weighted by molar-refractivity contribution is -0.117. The van der Waals surface area contributed by atoms with E-state index in [1.54, 1.807) is 18.2 Å². The van der Waals surface area contributed by atoms with E-state index in [1.165, 1.54) is 37.7 Å². The lowest BCUT2D eigenvalue weighted by Gasteiger charge is -2.10. The molecule has 0 fully saturated rings. The maximum absolute atomic E-state index is 12.2. The van der Waals surface area contributed by atoms with Gasteiger partial charge in [-0.1, -0.05) is 29.8 Å². The van der Waals surface area contributed by atoms with Crippen LogP contribution in [-0.4, -0.2) is 26.0 Å². The van der Waals surface area contributed by atoms with Crippen LogP contribution in [0.3, 0.4) is 0 Å². The Hall–Kier alpha value is -3.03. The topological polar surface area (TPSA) is 76.7 Å². The first-order chi connectivity index (χ1) is 13.5. The van der Waals surface area contributed by atoms with Crippen molar-refractivity contribution in [1.29, 1.82) is 0 Å². The third-order valence-corrected chi connectivity index (χ3v) is 5.55. The molecule has 0 radical (unpaired) electrons. The average Bonchev–Trinajstić information content (AvgIpc) is 3.05. The molecule has 0 unspecified atom stereocenters. The lowest BCUT2D eigenvalue weighted by atomic mass is 10.2. The largest absolute Gasteiger partial charge is 0.493 e. The number of ether oxygens (including phenoxy) is 2. The fourth-order valence-corrected chi connectivity index (χ4v) is 3.90. The minimum Gasteiger partial charge on any atom is -0.493 e. The highest BCUT2D eigenvalue weighted by Crippen LogP contribution is 2.35. The zero-order valence-electron chi connectivity index (χ0n) is 15.1. The van der Waals surface area contributed by atoms with E-state index in [1.807, 2.05) is 24.3 Å². The number of thiophene rings is 1. The number of hydrazine groups is 1. The molecule has 0 aliphatic carbocycles. The minimum atomic E-state index is -0.484. The Labute approximate surface area is 170 Å². The fourth-order valence-electron chi connectivity index (χ4n) is 2.50. The van der Waals surface area contributed by atoms with Crippen LogP contribution in [0.1, 0.15) is 15.2 Å². The van der Waals surface area contributed by atoms with Gasteiger partial charge in [0.2, 0.25) is 0 Å². The van der Waals surface area contributed by atoms with Crippen LogP contribution >= 0.6 is 22.9 Å². The summed E-state index contributed by atoms with van der Waals surface area (Å²) in [5, 5.41) is 1.54. The molecule has 144 valence electrons. The van der Waals surface area contributed by atoms with Gasteiger partial charge in [-0.25, -0.2) is 0 Å². The van der Waals surface area contributed by atoms with Crippen LogP contribution in [0.4, 0.5) is 0 Å². The van der Waals surface area contributed by atoms with E-state index >= 15 is 0 Å². The van der Waals surface area contributed by atoms with Crippen molar-refractivity contribution in [3.8, 4) is 11.5 Å². The number of benzene rings is 2. The molecule has 0 saturated carbocycles. The van der Waals surface area contributed by atoms with E-state index in [0.717, 1.165) is 15.0 Å². The second-order valence-corrected chi connectivity index (χ2v) is 7.08. The molecule has 2 amide bonds. The molecule has 0 atom stereocenters. The number of hydrogen-bond acceptors (Lipinski definition) is 5. The van der Waals surface area contributed by atoms with E-state index < -0.39 is 11.8 Å². The predicted molar refractivity (Wildman–Crippen MR) is 111 cm³/mol. The van der Waals surface area contributed by atoms with Crippen molar-refractivity contribution in [3.63, 3.8) is 0 Å². The van der Waals surface area contributed by atoms with Gasteiger partial charge in [0, 0.05) is 26.6 Å². The summed E-state index contributed by atoms with van der Waals surface area (Å²) in [5.41, 5.74) is 5.00. The summed E-state index contributed by atoms with van der Waals surface area (Å²) in [4.78, 5) is 25.0. The number of halogens is 1. The van der Waals surface area contributed by atoms with Crippen molar-refractivity contribution in [2.24, 2.45) is 0 Å². The Morgan fingerprint density at radius 3 is 2.50 bits per heavy atom. The molecule has 6 nitrogen and oxygen atoms in total. The number of fused-ring (bicyclic) bond motifs is 1. The molecule has 0 spiro atoms. The first-order valence-corrected chi connectivity index (χ1v) is 9.40. The molecular weight excluding hydrogens is 400 g/mol. The molecule has 8 heteroatoms. The summed E-state index contributed by atoms with van der Waals surface area (Å²) >= 11 is 7.82. The first kappa shape index (κ1) is 19.7. The third-order valence-electron chi connectivity index (χ3n) is 3.89. The minimum absolute atomic E-state index is 0.314. The zero-order valence-corrected chi connectivity index (χ0v) is 16.7. The third kappa shape index (κ3) is 4.27. The Kier molecular flexibility index (Phi) is 6.18. The van der Waals surface area contributed by atoms with Crippen LogP contribution in [0.25, 0.3) is 16.2 Å². The first-order valence-electron chi connectivity index (χ1n) is 8.21. The Bertz CT molecular complexity index is 1060. The SMILES string of the molecule is COc1ccc(C(=O)NNC(=O)/C=C/c2sc3ccccc3c2Cl)cc1OC. The zero-order chi connectivity index (χ0) is 20.1. The summed E-state index contributed by atoms with van der Waals surface area (Å²) in [6, 6.07) is 12.4. The summed E-state index contributed by atoms with van der Waals surface area (Å²) in [6.07, 6.45) is 2.93. The van der Waals surface area contributed by atoms with Crippen molar-refractivity contribution in [2.75, 3.05) is 14.2 Å². The van der Waals surface area contributed by atoms with Gasteiger partial charge in [-0.2, -0.15) is 0 Å². The van der Waals surface area contributed by atoms with Gasteiger partial charge in [0.05, 0.1) is 19.2 Å². The van der Waals surface area contributed by atoms with Gasteiger partial charge in [0.1, 0.15) is 0 Å². The highest BCUT2D eigenvalue weighted by Gasteiger charge is 2.11. The second kappa shape index (κ2) is 8.77. The quantitative estimate of drug-likeness (QED) is 0.486. The molecule has 0 aliphatic rings. The number of hydrogen-bond donors (Lipinski definition) is 2. The van der Waals surface area contributed by atoms with Gasteiger partial charge in [-0.3, -0.25) is 20.4 Å². The van der Waals surface area contributed by atoms with Crippen LogP contribution in [0.15, 0.2) is 48.5 Å². The number of methoxy groups -OCH3 is 2. The smallest absolute Gasteiger partial charge is 0.269 e. The molecule has 3 aromatic rings. The van der Waals surface area contributed by atoms with E-state index in [-0.39, 0.29) is 0 Å². The number of rotatable bonds is 5. The molecule has 0 saturated heterocycles. The van der Waals surface area contributed by atoms with Gasteiger partial charge in [-0.15, -0.1) is 11.3 Å². The molecule has 0 aliphatic heterocycles. The van der Waals surface area contributed by atoms with Crippen LogP contribution in [-0.2, 0) is 4.79 Å². The molecule has 28 heavy (non-hydrogen) atoms. The number of carbonyl (C=O) groups is 2. The monoisotopic (exact) mass is 416 g/mol. The summed E-state index contributed by atoms with van der Waals surface area (Å²) in [7, 11) is 2.98. The van der Waals surface area contributed by atoms with Gasteiger partial charge < -0.3 is 9.47 Å². The highest BCUT2D eigenvalue weighted by molar-refractivity contribution is 7.20. The van der Waals surface area contributed by atoms with E-state index in [2.05, 4.69) is 10.9 Å². The summed E-state index contributed by atoms with van der Waals surface area (Å²) in [5.74, 6) is -0.0445. The van der Waals surface area contributed by atoms with Gasteiger partial charge in [-0.05, 0) is 30.3 Å². The molecule has 3 rings (SSSR count). The van der Waals surface area contributed by atoms with Gasteiger partial charge in [0.25, 0.3) is 11.8 Å². The molecule has 0 bridgehead atoms. The van der Waals surface area contributed by atoms with Crippen molar-refractivity contribution in [2.45, 2.75) is 0 Å². The van der Waals surface area contributed by atoms with Crippen LogP contribution < -0.4 is 20.3 Å². The van der Waals surface area contributed by atoms with Gasteiger partial charge >= 0.3 is 0 Å². The lowest BCUT2D eigenvalue weighted by Crippen LogP contribution is -2.40. The number of amides is 2. The van der Waals surface area contributed by atoms with Crippen molar-refractivity contribution in [3.05, 3.63) is 64.0 Å². The van der Waals surface area contributed by atoms with E-state index in [0.29, 0.717) is 22.1 Å². The molecule has 2 N–H and O–H groups in total. The highest BCUT2D eigenvalue weighted by atomic mass is 35.5. The summed E-state index contributed by atoms with van der Waals surface area (Å²) < 4.78 is 11.3. The predicted octanol–water partition coefficient (Wildman–Crippen LogP) is 4.05. The maximum atomic E-state index is 12.2. The Balaban J connectivity index is 1.62. The average molecular weight is 417 g/mol. The number of nitrogens with one attached hydrogen (secondary N) is 2. The molecule has 2 aromatic carbocycles. The number of carbonyl (C=O) groups excluding carboxylic acids is 2. The normalized spacial score (nSPS) is 10.8. The van der Waals surface area contributed by atoms with Crippen molar-refractivity contribution >= 4 is 50.9 Å². The molecular formula is C20H17ClN2O4S. The van der Waals surface area contributed by atoms with Gasteiger partial charge in [0.15, 0.2) is 11.5 Å². The summed E-state index contributed by atoms with van der Waals surface area (Å²) in [6.45, 7) is 0. The molecule has 1 aromatic heterocycles. The van der Waals surface area contributed by atoms with Crippen LogP contribution in [0.2, 0.25) is 5.02 Å². The fraction of sp³-hybridized carbons (Fsp3) is 0.100. The Morgan fingerprint density at radius 1 is 1.04 bits per heavy atom. The van der Waals surface area contributed by atoms with E-state index in [4.69, 9.17) is 21.1 Å². The van der Waals surface area contributed by atoms with E-state index in [9.17, 15) is 9.59 Å². The van der Waals surface area contributed by atoms with Crippen LogP contribution in [0, 0.1) is 0 Å². The Morgan fingerprint density at radius 2 is 1.79 bits per heavy atom. The van der Waals surface area contributed by atoms with Crippen LogP contribution in [0.5, 0.6) is 11.5 Å².